The number of rotatable bonds is 7. The molecule has 0 fully saturated rings. The van der Waals surface area contributed by atoms with Gasteiger partial charge in [0.05, 0.1) is 17.7 Å². The molecule has 28 heavy (non-hydrogen) atoms. The Morgan fingerprint density at radius 2 is 1.79 bits per heavy atom. The number of para-hydroxylation sites is 1. The molecule has 0 aliphatic carbocycles. The summed E-state index contributed by atoms with van der Waals surface area (Å²) in [6.45, 7) is 2.94. The molecule has 0 unspecified atom stereocenters. The Kier molecular flexibility index (Phi) is 6.95. The number of thiophene rings is 1. The molecule has 0 saturated heterocycles. The number of Topliss-reactive ketones (excluding diaryl/α,β-unsaturated/α-hetero) is 1. The van der Waals surface area contributed by atoms with Crippen LogP contribution in [0, 0.1) is 13.8 Å². The Morgan fingerprint density at radius 3 is 2.39 bits per heavy atom. The Balaban J connectivity index is 1.82. The molecule has 150 valence electrons. The highest BCUT2D eigenvalue weighted by Gasteiger charge is 2.33. The van der Waals surface area contributed by atoms with Gasteiger partial charge in [-0.05, 0) is 32.0 Å². The van der Waals surface area contributed by atoms with Crippen LogP contribution in [0.15, 0.2) is 30.3 Å². The number of anilines is 1. The zero-order valence-corrected chi connectivity index (χ0v) is 16.0. The maximum Gasteiger partial charge on any atom is 0.418 e. The summed E-state index contributed by atoms with van der Waals surface area (Å²) in [6.07, 6.45) is -4.92. The third kappa shape index (κ3) is 5.91. The number of carbonyl (C=O) groups excluding carboxylic acids is 3. The van der Waals surface area contributed by atoms with Gasteiger partial charge in [0.1, 0.15) is 0 Å². The fourth-order valence-corrected chi connectivity index (χ4v) is 3.44. The first-order valence-corrected chi connectivity index (χ1v) is 9.11. The summed E-state index contributed by atoms with van der Waals surface area (Å²) in [7, 11) is 0. The summed E-state index contributed by atoms with van der Waals surface area (Å²) in [5.41, 5.74) is -0.868. The van der Waals surface area contributed by atoms with Crippen LogP contribution in [-0.4, -0.2) is 24.3 Å². The van der Waals surface area contributed by atoms with Crippen molar-refractivity contribution >= 4 is 34.7 Å². The molecule has 9 heteroatoms. The van der Waals surface area contributed by atoms with Crippen LogP contribution in [0.5, 0.6) is 0 Å². The molecule has 0 radical (unpaired) electrons. The lowest BCUT2D eigenvalue weighted by Gasteiger charge is -2.13. The molecule has 1 aromatic carbocycles. The molecule has 0 saturated carbocycles. The molecule has 1 N–H and O–H groups in total. The van der Waals surface area contributed by atoms with Crippen molar-refractivity contribution in [1.82, 2.24) is 0 Å². The minimum atomic E-state index is -4.63. The number of hydrogen-bond acceptors (Lipinski definition) is 5. The standard InChI is InChI=1S/C19H18F3NO4S/c1-11-9-13(12(2)28-11)16(24)7-8-18(26)27-10-17(25)23-15-6-4-3-5-14(15)19(20,21)22/h3-6,9H,7-8,10H2,1-2H3,(H,23,25). The maximum atomic E-state index is 12.9. The molecule has 1 aromatic heterocycles. The van der Waals surface area contributed by atoms with Crippen LogP contribution in [0.3, 0.4) is 0 Å². The van der Waals surface area contributed by atoms with E-state index in [1.165, 1.54) is 23.5 Å². The summed E-state index contributed by atoms with van der Waals surface area (Å²) in [5, 5.41) is 2.07. The molecule has 1 heterocycles. The van der Waals surface area contributed by atoms with Gasteiger partial charge in [-0.3, -0.25) is 14.4 Å². The van der Waals surface area contributed by atoms with E-state index < -0.39 is 35.9 Å². The number of carbonyl (C=O) groups is 3. The van der Waals surface area contributed by atoms with Crippen LogP contribution in [0.25, 0.3) is 0 Å². The summed E-state index contributed by atoms with van der Waals surface area (Å²) >= 11 is 1.48. The van der Waals surface area contributed by atoms with Gasteiger partial charge in [0.15, 0.2) is 12.4 Å². The van der Waals surface area contributed by atoms with Gasteiger partial charge in [0.2, 0.25) is 0 Å². The van der Waals surface area contributed by atoms with Crippen LogP contribution in [0.2, 0.25) is 0 Å². The van der Waals surface area contributed by atoms with E-state index in [4.69, 9.17) is 4.74 Å². The lowest BCUT2D eigenvalue weighted by Crippen LogP contribution is -2.23. The first kappa shape index (κ1) is 21.6. The fourth-order valence-electron chi connectivity index (χ4n) is 2.50. The average molecular weight is 413 g/mol. The quantitative estimate of drug-likeness (QED) is 0.535. The second kappa shape index (κ2) is 9.01. The second-order valence-corrected chi connectivity index (χ2v) is 7.46. The van der Waals surface area contributed by atoms with Crippen molar-refractivity contribution in [3.63, 3.8) is 0 Å². The van der Waals surface area contributed by atoms with Gasteiger partial charge in [-0.25, -0.2) is 0 Å². The number of ketones is 1. The smallest absolute Gasteiger partial charge is 0.418 e. The van der Waals surface area contributed by atoms with E-state index in [-0.39, 0.29) is 18.6 Å². The van der Waals surface area contributed by atoms with Crippen molar-refractivity contribution in [2.75, 3.05) is 11.9 Å². The summed E-state index contributed by atoms with van der Waals surface area (Å²) < 4.78 is 43.4. The van der Waals surface area contributed by atoms with E-state index in [0.29, 0.717) is 5.56 Å². The molecule has 0 aliphatic rings. The average Bonchev–Trinajstić information content (AvgIpc) is 2.95. The summed E-state index contributed by atoms with van der Waals surface area (Å²) in [5.74, 6) is -1.89. The normalized spacial score (nSPS) is 11.2. The molecule has 2 rings (SSSR count). The molecular weight excluding hydrogens is 395 g/mol. The van der Waals surface area contributed by atoms with Crippen LogP contribution in [0.1, 0.15) is 38.5 Å². The van der Waals surface area contributed by atoms with Crippen molar-refractivity contribution < 1.29 is 32.3 Å². The van der Waals surface area contributed by atoms with E-state index in [1.54, 1.807) is 6.07 Å². The summed E-state index contributed by atoms with van der Waals surface area (Å²) in [4.78, 5) is 37.5. The van der Waals surface area contributed by atoms with Crippen LogP contribution < -0.4 is 5.32 Å². The minimum absolute atomic E-state index is 0.0750. The first-order valence-electron chi connectivity index (χ1n) is 8.30. The van der Waals surface area contributed by atoms with E-state index in [9.17, 15) is 27.6 Å². The third-order valence-corrected chi connectivity index (χ3v) is 4.73. The number of ether oxygens (including phenoxy) is 1. The van der Waals surface area contributed by atoms with E-state index >= 15 is 0 Å². The third-order valence-electron chi connectivity index (χ3n) is 3.77. The molecular formula is C19H18F3NO4S. The number of nitrogens with one attached hydrogen (secondary N) is 1. The van der Waals surface area contributed by atoms with E-state index in [1.807, 2.05) is 13.8 Å². The molecule has 0 spiro atoms. The Labute approximate surface area is 163 Å². The predicted molar refractivity (Wildman–Crippen MR) is 98.4 cm³/mol. The number of halogens is 3. The Morgan fingerprint density at radius 1 is 1.11 bits per heavy atom. The van der Waals surface area contributed by atoms with Gasteiger partial charge in [-0.2, -0.15) is 13.2 Å². The van der Waals surface area contributed by atoms with Crippen molar-refractivity contribution in [3.8, 4) is 0 Å². The largest absolute Gasteiger partial charge is 0.456 e. The van der Waals surface area contributed by atoms with E-state index in [2.05, 4.69) is 5.32 Å². The molecule has 0 atom stereocenters. The van der Waals surface area contributed by atoms with Gasteiger partial charge in [-0.1, -0.05) is 12.1 Å². The number of aryl methyl sites for hydroxylation is 2. The van der Waals surface area contributed by atoms with E-state index in [0.717, 1.165) is 21.9 Å². The molecule has 1 amide bonds. The molecule has 0 aliphatic heterocycles. The zero-order chi connectivity index (χ0) is 20.9. The van der Waals surface area contributed by atoms with Gasteiger partial charge in [-0.15, -0.1) is 11.3 Å². The fraction of sp³-hybridized carbons (Fsp3) is 0.316. The van der Waals surface area contributed by atoms with Gasteiger partial charge in [0.25, 0.3) is 5.91 Å². The SMILES string of the molecule is Cc1cc(C(=O)CCC(=O)OCC(=O)Nc2ccccc2C(F)(F)F)c(C)s1. The van der Waals surface area contributed by atoms with Crippen molar-refractivity contribution in [2.45, 2.75) is 32.9 Å². The highest BCUT2D eigenvalue weighted by Crippen LogP contribution is 2.34. The zero-order valence-electron chi connectivity index (χ0n) is 15.2. The monoisotopic (exact) mass is 413 g/mol. The predicted octanol–water partition coefficient (Wildman–Crippen LogP) is 4.53. The number of amides is 1. The van der Waals surface area contributed by atoms with Gasteiger partial charge >= 0.3 is 12.1 Å². The molecule has 5 nitrogen and oxygen atoms in total. The maximum absolute atomic E-state index is 12.9. The second-order valence-electron chi connectivity index (χ2n) is 6.00. The number of hydrogen-bond donors (Lipinski definition) is 1. The van der Waals surface area contributed by atoms with Crippen molar-refractivity contribution in [2.24, 2.45) is 0 Å². The Bertz CT molecular complexity index is 890. The van der Waals surface area contributed by atoms with Gasteiger partial charge < -0.3 is 10.1 Å². The number of esters is 1. The molecule has 0 bridgehead atoms. The topological polar surface area (TPSA) is 72.5 Å². The molecule has 2 aromatic rings. The highest BCUT2D eigenvalue weighted by atomic mass is 32.1. The van der Waals surface area contributed by atoms with Crippen LogP contribution in [0.4, 0.5) is 18.9 Å². The van der Waals surface area contributed by atoms with Crippen molar-refractivity contribution in [1.29, 1.82) is 0 Å². The van der Waals surface area contributed by atoms with Crippen LogP contribution in [-0.2, 0) is 20.5 Å². The number of alkyl halides is 3. The highest BCUT2D eigenvalue weighted by molar-refractivity contribution is 7.12. The van der Waals surface area contributed by atoms with Crippen LogP contribution >= 0.6 is 11.3 Å². The Hall–Kier alpha value is -2.68. The summed E-state index contributed by atoms with van der Waals surface area (Å²) in [6, 6.07) is 6.23. The first-order chi connectivity index (χ1) is 13.1. The number of benzene rings is 1. The van der Waals surface area contributed by atoms with Crippen molar-refractivity contribution in [3.05, 3.63) is 51.2 Å². The minimum Gasteiger partial charge on any atom is -0.456 e. The lowest BCUT2D eigenvalue weighted by atomic mass is 10.1. The lowest BCUT2D eigenvalue weighted by molar-refractivity contribution is -0.147. The van der Waals surface area contributed by atoms with Gasteiger partial charge in [0, 0.05) is 21.7 Å².